The van der Waals surface area contributed by atoms with Crippen molar-refractivity contribution in [1.82, 2.24) is 4.90 Å². The van der Waals surface area contributed by atoms with Crippen LogP contribution in [-0.2, 0) is 4.74 Å². The van der Waals surface area contributed by atoms with Gasteiger partial charge in [-0.05, 0) is 25.3 Å². The van der Waals surface area contributed by atoms with Crippen molar-refractivity contribution < 1.29 is 9.84 Å². The fraction of sp³-hybridized carbons (Fsp3) is 1.00. The van der Waals surface area contributed by atoms with Gasteiger partial charge < -0.3 is 20.5 Å². The molecule has 0 spiro atoms. The molecule has 0 aliphatic carbocycles. The minimum absolute atomic E-state index is 0.0748. The molecule has 1 heterocycles. The predicted molar refractivity (Wildman–Crippen MR) is 56.1 cm³/mol. The molecule has 1 saturated heterocycles. The number of nitrogens with two attached hydrogens (primary N) is 1. The van der Waals surface area contributed by atoms with Gasteiger partial charge in [-0.3, -0.25) is 0 Å². The first-order chi connectivity index (χ1) is 6.76. The summed E-state index contributed by atoms with van der Waals surface area (Å²) in [4.78, 5) is 2.33. The molecule has 0 saturated carbocycles. The molecule has 2 unspecified atom stereocenters. The molecule has 0 aromatic rings. The van der Waals surface area contributed by atoms with Gasteiger partial charge in [0.15, 0.2) is 0 Å². The summed E-state index contributed by atoms with van der Waals surface area (Å²) in [5.41, 5.74) is 5.70. The van der Waals surface area contributed by atoms with Crippen LogP contribution in [0.15, 0.2) is 0 Å². The van der Waals surface area contributed by atoms with Gasteiger partial charge in [0.05, 0.1) is 13.2 Å². The lowest BCUT2D eigenvalue weighted by Crippen LogP contribution is -2.45. The Morgan fingerprint density at radius 2 is 2.43 bits per heavy atom. The van der Waals surface area contributed by atoms with Gasteiger partial charge in [-0.1, -0.05) is 0 Å². The highest BCUT2D eigenvalue weighted by Gasteiger charge is 2.20. The van der Waals surface area contributed by atoms with Crippen molar-refractivity contribution in [2.75, 3.05) is 40.0 Å². The average molecular weight is 202 g/mol. The Morgan fingerprint density at radius 1 is 1.64 bits per heavy atom. The van der Waals surface area contributed by atoms with E-state index in [1.165, 1.54) is 12.8 Å². The van der Waals surface area contributed by atoms with Crippen LogP contribution in [0.4, 0.5) is 0 Å². The van der Waals surface area contributed by atoms with Gasteiger partial charge in [-0.2, -0.15) is 0 Å². The Hall–Kier alpha value is -0.160. The third-order valence-corrected chi connectivity index (χ3v) is 2.73. The summed E-state index contributed by atoms with van der Waals surface area (Å²) >= 11 is 0. The number of hydrogen-bond acceptors (Lipinski definition) is 4. The molecule has 0 aromatic heterocycles. The molecular formula is C10H22N2O2. The summed E-state index contributed by atoms with van der Waals surface area (Å²) in [7, 11) is 1.75. The molecule has 0 radical (unpaired) electrons. The second kappa shape index (κ2) is 6.35. The van der Waals surface area contributed by atoms with Gasteiger partial charge in [0.25, 0.3) is 0 Å². The fourth-order valence-electron chi connectivity index (χ4n) is 2.08. The van der Waals surface area contributed by atoms with Crippen LogP contribution in [0, 0.1) is 5.92 Å². The fourth-order valence-corrected chi connectivity index (χ4v) is 2.08. The highest BCUT2D eigenvalue weighted by atomic mass is 16.5. The second-order valence-corrected chi connectivity index (χ2v) is 4.17. The molecule has 1 fully saturated rings. The molecule has 2 atom stereocenters. The number of likely N-dealkylation sites (tertiary alicyclic amines) is 1. The maximum absolute atomic E-state index is 8.86. The van der Waals surface area contributed by atoms with Crippen LogP contribution in [0.25, 0.3) is 0 Å². The van der Waals surface area contributed by atoms with Crippen molar-refractivity contribution in [3.63, 3.8) is 0 Å². The van der Waals surface area contributed by atoms with Crippen LogP contribution in [0.1, 0.15) is 12.8 Å². The van der Waals surface area contributed by atoms with Gasteiger partial charge >= 0.3 is 0 Å². The maximum atomic E-state index is 8.86. The van der Waals surface area contributed by atoms with Crippen LogP contribution < -0.4 is 5.73 Å². The second-order valence-electron chi connectivity index (χ2n) is 4.17. The Morgan fingerprint density at radius 3 is 3.07 bits per heavy atom. The zero-order valence-electron chi connectivity index (χ0n) is 8.98. The Balaban J connectivity index is 2.25. The lowest BCUT2D eigenvalue weighted by Gasteiger charge is -2.33. The van der Waals surface area contributed by atoms with Gasteiger partial charge in [-0.15, -0.1) is 0 Å². The molecule has 0 bridgehead atoms. The van der Waals surface area contributed by atoms with E-state index in [-0.39, 0.29) is 12.6 Å². The number of ether oxygens (including phenoxy) is 1. The zero-order chi connectivity index (χ0) is 10.4. The van der Waals surface area contributed by atoms with Gasteiger partial charge in [-0.25, -0.2) is 0 Å². The normalized spacial score (nSPS) is 26.4. The molecule has 84 valence electrons. The average Bonchev–Trinajstić information content (AvgIpc) is 2.19. The predicted octanol–water partition coefficient (Wildman–Crippen LogP) is -0.336. The standard InChI is InChI=1S/C10H22N2O2/c1-14-8-9-3-2-4-12(5-9)6-10(11)7-13/h9-10,13H,2-8,11H2,1H3. The van der Waals surface area contributed by atoms with Gasteiger partial charge in [0.2, 0.25) is 0 Å². The summed E-state index contributed by atoms with van der Waals surface area (Å²) in [6, 6.07) is -0.101. The topological polar surface area (TPSA) is 58.7 Å². The molecule has 0 amide bonds. The quantitative estimate of drug-likeness (QED) is 0.640. The number of methoxy groups -OCH3 is 1. The first kappa shape index (κ1) is 11.9. The summed E-state index contributed by atoms with van der Waals surface area (Å²) < 4.78 is 5.15. The van der Waals surface area contributed by atoms with E-state index in [9.17, 15) is 0 Å². The van der Waals surface area contributed by atoms with Crippen molar-refractivity contribution in [3.05, 3.63) is 0 Å². The number of aliphatic hydroxyl groups excluding tert-OH is 1. The van der Waals surface area contributed by atoms with Gasteiger partial charge in [0, 0.05) is 26.2 Å². The summed E-state index contributed by atoms with van der Waals surface area (Å²) in [6.07, 6.45) is 2.46. The molecule has 4 heteroatoms. The third kappa shape index (κ3) is 3.92. The lowest BCUT2D eigenvalue weighted by atomic mass is 9.98. The van der Waals surface area contributed by atoms with Crippen molar-refractivity contribution in [2.24, 2.45) is 11.7 Å². The largest absolute Gasteiger partial charge is 0.395 e. The highest BCUT2D eigenvalue weighted by Crippen LogP contribution is 2.16. The maximum Gasteiger partial charge on any atom is 0.0595 e. The van der Waals surface area contributed by atoms with E-state index < -0.39 is 0 Å². The Labute approximate surface area is 86.0 Å². The third-order valence-electron chi connectivity index (χ3n) is 2.73. The van der Waals surface area contributed by atoms with Crippen molar-refractivity contribution in [2.45, 2.75) is 18.9 Å². The summed E-state index contributed by atoms with van der Waals surface area (Å²) in [5.74, 6) is 0.639. The monoisotopic (exact) mass is 202 g/mol. The van der Waals surface area contributed by atoms with E-state index in [2.05, 4.69) is 4.90 Å². The smallest absolute Gasteiger partial charge is 0.0595 e. The molecule has 0 aromatic carbocycles. The van der Waals surface area contributed by atoms with E-state index in [0.29, 0.717) is 5.92 Å². The summed E-state index contributed by atoms with van der Waals surface area (Å²) in [5, 5.41) is 8.86. The van der Waals surface area contributed by atoms with Gasteiger partial charge in [0.1, 0.15) is 0 Å². The van der Waals surface area contributed by atoms with E-state index >= 15 is 0 Å². The highest BCUT2D eigenvalue weighted by molar-refractivity contribution is 4.75. The minimum atomic E-state index is -0.101. The van der Waals surface area contributed by atoms with Crippen molar-refractivity contribution >= 4 is 0 Å². The molecule has 14 heavy (non-hydrogen) atoms. The summed E-state index contributed by atoms with van der Waals surface area (Å²) in [6.45, 7) is 3.88. The number of piperidine rings is 1. The minimum Gasteiger partial charge on any atom is -0.395 e. The van der Waals surface area contributed by atoms with E-state index in [4.69, 9.17) is 15.6 Å². The molecule has 1 aliphatic rings. The number of rotatable bonds is 5. The first-order valence-corrected chi connectivity index (χ1v) is 5.34. The number of nitrogens with zero attached hydrogens (tertiary/aromatic N) is 1. The van der Waals surface area contributed by atoms with Crippen LogP contribution in [0.5, 0.6) is 0 Å². The van der Waals surface area contributed by atoms with Crippen molar-refractivity contribution in [1.29, 1.82) is 0 Å². The van der Waals surface area contributed by atoms with E-state index in [1.807, 2.05) is 0 Å². The molecule has 3 N–H and O–H groups in total. The molecule has 1 aliphatic heterocycles. The molecule has 4 nitrogen and oxygen atoms in total. The first-order valence-electron chi connectivity index (χ1n) is 5.34. The zero-order valence-corrected chi connectivity index (χ0v) is 8.98. The lowest BCUT2D eigenvalue weighted by molar-refractivity contribution is 0.0835. The van der Waals surface area contributed by atoms with Crippen LogP contribution >= 0.6 is 0 Å². The Kier molecular flexibility index (Phi) is 5.40. The molecule has 1 rings (SSSR count). The number of hydrogen-bond donors (Lipinski definition) is 2. The Bertz CT molecular complexity index is 153. The number of aliphatic hydroxyl groups is 1. The molecular weight excluding hydrogens is 180 g/mol. The SMILES string of the molecule is COCC1CCCN(CC(N)CO)C1. The van der Waals surface area contributed by atoms with Crippen LogP contribution in [-0.4, -0.2) is 56.0 Å². The van der Waals surface area contributed by atoms with Crippen LogP contribution in [0.3, 0.4) is 0 Å². The van der Waals surface area contributed by atoms with E-state index in [1.54, 1.807) is 7.11 Å². The van der Waals surface area contributed by atoms with E-state index in [0.717, 1.165) is 26.2 Å². The van der Waals surface area contributed by atoms with Crippen molar-refractivity contribution in [3.8, 4) is 0 Å². The van der Waals surface area contributed by atoms with Crippen LogP contribution in [0.2, 0.25) is 0 Å².